The van der Waals surface area contributed by atoms with E-state index in [4.69, 9.17) is 10.2 Å². The maximum Gasteiger partial charge on any atom is 0.337 e. The van der Waals surface area contributed by atoms with Crippen molar-refractivity contribution in [3.05, 3.63) is 53.5 Å². The van der Waals surface area contributed by atoms with Crippen molar-refractivity contribution in [2.45, 2.75) is 46.0 Å². The Morgan fingerprint density at radius 1 is 1.19 bits per heavy atom. The lowest BCUT2D eigenvalue weighted by molar-refractivity contribution is 0.0696. The van der Waals surface area contributed by atoms with Crippen molar-refractivity contribution < 1.29 is 9.90 Å². The molecule has 0 saturated carbocycles. The third-order valence-corrected chi connectivity index (χ3v) is 4.28. The fraction of sp³-hybridized carbons (Fsp3) is 0.350. The van der Waals surface area contributed by atoms with Gasteiger partial charge in [0.15, 0.2) is 0 Å². The van der Waals surface area contributed by atoms with Gasteiger partial charge in [0.2, 0.25) is 0 Å². The van der Waals surface area contributed by atoms with Crippen molar-refractivity contribution >= 4 is 5.97 Å². The molecule has 0 amide bonds. The molecule has 0 aliphatic carbocycles. The molecule has 6 nitrogen and oxygen atoms in total. The second-order valence-electron chi connectivity index (χ2n) is 7.77. The maximum absolute atomic E-state index is 11.0. The van der Waals surface area contributed by atoms with Gasteiger partial charge in [0.25, 0.3) is 0 Å². The van der Waals surface area contributed by atoms with Crippen molar-refractivity contribution in [2.24, 2.45) is 0 Å². The van der Waals surface area contributed by atoms with Crippen LogP contribution in [0.2, 0.25) is 0 Å². The third-order valence-electron chi connectivity index (χ3n) is 4.28. The molecule has 2 N–H and O–H groups in total. The van der Waals surface area contributed by atoms with E-state index >= 15 is 0 Å². The largest absolute Gasteiger partial charge is 0.478 e. The third kappa shape index (κ3) is 3.40. The molecule has 0 radical (unpaired) electrons. The van der Waals surface area contributed by atoms with E-state index in [0.717, 1.165) is 22.9 Å². The van der Waals surface area contributed by atoms with E-state index in [1.807, 2.05) is 16.8 Å². The summed E-state index contributed by atoms with van der Waals surface area (Å²) in [6, 6.07) is 9.31. The Balaban J connectivity index is 1.99. The summed E-state index contributed by atoms with van der Waals surface area (Å²) in [6.07, 6.45) is 1.36. The van der Waals surface area contributed by atoms with Gasteiger partial charge < -0.3 is 10.1 Å². The number of carboxylic acid groups (broad SMARTS) is 1. The fourth-order valence-electron chi connectivity index (χ4n) is 2.70. The molecule has 0 aliphatic rings. The minimum Gasteiger partial charge on any atom is -0.478 e. The van der Waals surface area contributed by atoms with E-state index < -0.39 is 5.97 Å². The molecule has 0 saturated heterocycles. The number of H-pyrrole nitrogens is 1. The Labute approximate surface area is 152 Å². The number of aromatic nitrogens is 4. The molecule has 0 atom stereocenters. The van der Waals surface area contributed by atoms with Crippen LogP contribution in [0.15, 0.2) is 36.5 Å². The minimum atomic E-state index is -0.982. The number of carboxylic acids is 1. The highest BCUT2D eigenvalue weighted by molar-refractivity contribution is 5.87. The molecule has 136 valence electrons. The molecule has 0 fully saturated rings. The lowest BCUT2D eigenvalue weighted by atomic mass is 9.92. The molecule has 3 rings (SSSR count). The van der Waals surface area contributed by atoms with Crippen LogP contribution in [0.4, 0.5) is 0 Å². The molecule has 0 unspecified atom stereocenters. The SMILES string of the molecule is CC(C)c1cc(C(C)(C)C)nn1-c1ccc(-c2ccc(C(=O)O)cn2)[nH]1. The number of aromatic carboxylic acids is 1. The molecular weight excluding hydrogens is 328 g/mol. The summed E-state index contributed by atoms with van der Waals surface area (Å²) in [7, 11) is 0. The molecule has 0 aliphatic heterocycles. The second-order valence-corrected chi connectivity index (χ2v) is 7.77. The molecule has 0 spiro atoms. The van der Waals surface area contributed by atoms with Crippen LogP contribution in [0.3, 0.4) is 0 Å². The summed E-state index contributed by atoms with van der Waals surface area (Å²) in [6.45, 7) is 10.7. The van der Waals surface area contributed by atoms with E-state index in [0.29, 0.717) is 11.6 Å². The van der Waals surface area contributed by atoms with Gasteiger partial charge in [-0.1, -0.05) is 34.6 Å². The van der Waals surface area contributed by atoms with Crippen molar-refractivity contribution in [3.63, 3.8) is 0 Å². The number of aromatic amines is 1. The maximum atomic E-state index is 11.0. The van der Waals surface area contributed by atoms with Crippen molar-refractivity contribution in [1.29, 1.82) is 0 Å². The summed E-state index contributed by atoms with van der Waals surface area (Å²) in [5.41, 5.74) is 3.83. The van der Waals surface area contributed by atoms with Crippen LogP contribution in [-0.2, 0) is 5.41 Å². The van der Waals surface area contributed by atoms with Gasteiger partial charge in [0.05, 0.1) is 22.6 Å². The number of hydrogen-bond acceptors (Lipinski definition) is 3. The lowest BCUT2D eigenvalue weighted by Crippen LogP contribution is -2.12. The number of nitrogens with zero attached hydrogens (tertiary/aromatic N) is 3. The van der Waals surface area contributed by atoms with Crippen molar-refractivity contribution in [1.82, 2.24) is 19.7 Å². The average Bonchev–Trinajstić information content (AvgIpc) is 3.21. The van der Waals surface area contributed by atoms with Gasteiger partial charge in [-0.15, -0.1) is 0 Å². The number of pyridine rings is 1. The fourth-order valence-corrected chi connectivity index (χ4v) is 2.70. The summed E-state index contributed by atoms with van der Waals surface area (Å²) in [5.74, 6) is 0.214. The van der Waals surface area contributed by atoms with Gasteiger partial charge in [-0.05, 0) is 36.2 Å². The molecule has 3 heterocycles. The van der Waals surface area contributed by atoms with E-state index in [9.17, 15) is 4.79 Å². The zero-order chi connectivity index (χ0) is 19.1. The summed E-state index contributed by atoms with van der Waals surface area (Å²) < 4.78 is 1.94. The molecule has 0 bridgehead atoms. The first-order chi connectivity index (χ1) is 12.2. The topological polar surface area (TPSA) is 83.8 Å². The molecule has 3 aromatic heterocycles. The van der Waals surface area contributed by atoms with E-state index in [1.165, 1.54) is 6.20 Å². The van der Waals surface area contributed by atoms with Gasteiger partial charge in [-0.3, -0.25) is 4.98 Å². The number of rotatable bonds is 4. The van der Waals surface area contributed by atoms with Gasteiger partial charge in [-0.25, -0.2) is 9.48 Å². The van der Waals surface area contributed by atoms with Crippen LogP contribution in [0.25, 0.3) is 17.2 Å². The van der Waals surface area contributed by atoms with Gasteiger partial charge >= 0.3 is 5.97 Å². The lowest BCUT2D eigenvalue weighted by Gasteiger charge is -2.14. The second kappa shape index (κ2) is 6.44. The van der Waals surface area contributed by atoms with Crippen molar-refractivity contribution in [2.75, 3.05) is 0 Å². The zero-order valence-corrected chi connectivity index (χ0v) is 15.7. The smallest absolute Gasteiger partial charge is 0.337 e. The Hall–Kier alpha value is -2.89. The normalized spacial score (nSPS) is 11.9. The summed E-state index contributed by atoms with van der Waals surface area (Å²) >= 11 is 0. The van der Waals surface area contributed by atoms with Gasteiger partial charge in [-0.2, -0.15) is 5.10 Å². The van der Waals surface area contributed by atoms with E-state index in [-0.39, 0.29) is 11.0 Å². The zero-order valence-electron chi connectivity index (χ0n) is 15.7. The van der Waals surface area contributed by atoms with Crippen LogP contribution in [-0.4, -0.2) is 30.8 Å². The number of hydrogen-bond donors (Lipinski definition) is 2. The van der Waals surface area contributed by atoms with E-state index in [2.05, 4.69) is 50.7 Å². The predicted molar refractivity (Wildman–Crippen MR) is 101 cm³/mol. The molecule has 3 aromatic rings. The Bertz CT molecular complexity index is 928. The summed E-state index contributed by atoms with van der Waals surface area (Å²) in [4.78, 5) is 18.5. The monoisotopic (exact) mass is 352 g/mol. The Morgan fingerprint density at radius 3 is 2.46 bits per heavy atom. The highest BCUT2D eigenvalue weighted by Gasteiger charge is 2.22. The first-order valence-corrected chi connectivity index (χ1v) is 8.66. The van der Waals surface area contributed by atoms with Crippen molar-refractivity contribution in [3.8, 4) is 17.2 Å². The van der Waals surface area contributed by atoms with Crippen LogP contribution >= 0.6 is 0 Å². The van der Waals surface area contributed by atoms with Crippen LogP contribution < -0.4 is 0 Å². The average molecular weight is 352 g/mol. The van der Waals surface area contributed by atoms with Crippen LogP contribution in [0, 0.1) is 0 Å². The quantitative estimate of drug-likeness (QED) is 0.730. The predicted octanol–water partition coefficient (Wildman–Crippen LogP) is 4.38. The Kier molecular flexibility index (Phi) is 4.44. The highest BCUT2D eigenvalue weighted by Crippen LogP contribution is 2.28. The molecule has 6 heteroatoms. The highest BCUT2D eigenvalue weighted by atomic mass is 16.4. The first kappa shape index (κ1) is 17.9. The summed E-state index contributed by atoms with van der Waals surface area (Å²) in [5, 5.41) is 13.8. The van der Waals surface area contributed by atoms with Crippen LogP contribution in [0.5, 0.6) is 0 Å². The van der Waals surface area contributed by atoms with Gasteiger partial charge in [0, 0.05) is 17.3 Å². The molecule has 0 aromatic carbocycles. The van der Waals surface area contributed by atoms with E-state index in [1.54, 1.807) is 12.1 Å². The molecule has 26 heavy (non-hydrogen) atoms. The first-order valence-electron chi connectivity index (χ1n) is 8.66. The number of carbonyl (C=O) groups is 1. The number of nitrogens with one attached hydrogen (secondary N) is 1. The minimum absolute atomic E-state index is 0.0292. The Morgan fingerprint density at radius 2 is 1.92 bits per heavy atom. The van der Waals surface area contributed by atoms with Crippen LogP contribution in [0.1, 0.15) is 62.3 Å². The van der Waals surface area contributed by atoms with Gasteiger partial charge in [0.1, 0.15) is 5.82 Å². The molecular formula is C20H24N4O2. The standard InChI is InChI=1S/C20H24N4O2/c1-12(2)16-10-17(20(3,4)5)23-24(16)18-9-8-15(22-18)14-7-6-13(11-21-14)19(25)26/h6-12,22H,1-5H3,(H,25,26).